The van der Waals surface area contributed by atoms with Gasteiger partial charge in [0.15, 0.2) is 6.10 Å². The second-order valence-electron chi connectivity index (χ2n) is 2.82. The lowest BCUT2D eigenvalue weighted by molar-refractivity contribution is -0.188. The van der Waals surface area contributed by atoms with Crippen LogP contribution in [0.3, 0.4) is 0 Å². The van der Waals surface area contributed by atoms with Crippen LogP contribution in [0, 0.1) is 0 Å². The largest absolute Gasteiger partial charge is 0.454 e. The third kappa shape index (κ3) is 2.34. The Labute approximate surface area is 72.4 Å². The molecule has 1 rings (SSSR count). The van der Waals surface area contributed by atoms with Crippen LogP contribution in [-0.4, -0.2) is 24.8 Å². The summed E-state index contributed by atoms with van der Waals surface area (Å²) in [6.45, 7) is 4.40. The Hall–Kier alpha value is -0.830. The molecule has 0 spiro atoms. The molecule has 1 saturated heterocycles. The van der Waals surface area contributed by atoms with Crippen molar-refractivity contribution in [2.75, 3.05) is 6.61 Å². The van der Waals surface area contributed by atoms with E-state index < -0.39 is 0 Å². The van der Waals surface area contributed by atoms with Gasteiger partial charge < -0.3 is 9.47 Å². The normalized spacial score (nSPS) is 28.5. The van der Waals surface area contributed by atoms with E-state index in [4.69, 9.17) is 9.47 Å². The van der Waals surface area contributed by atoms with Gasteiger partial charge in [-0.2, -0.15) is 0 Å². The molecular formula is C9H14O3. The third-order valence-electron chi connectivity index (χ3n) is 1.80. The first kappa shape index (κ1) is 9.26. The predicted octanol–water partition coefficient (Wildman–Crippen LogP) is 1.28. The molecule has 0 N–H and O–H groups in total. The summed E-state index contributed by atoms with van der Waals surface area (Å²) in [5.41, 5.74) is 0. The van der Waals surface area contributed by atoms with Crippen molar-refractivity contribution < 1.29 is 14.3 Å². The van der Waals surface area contributed by atoms with Crippen LogP contribution in [0.25, 0.3) is 0 Å². The molecule has 0 bridgehead atoms. The van der Waals surface area contributed by atoms with E-state index in [9.17, 15) is 4.79 Å². The van der Waals surface area contributed by atoms with E-state index in [1.807, 2.05) is 13.8 Å². The fourth-order valence-corrected chi connectivity index (χ4v) is 0.900. The Balaban J connectivity index is 2.22. The minimum atomic E-state index is -0.267. The van der Waals surface area contributed by atoms with Gasteiger partial charge in [0.25, 0.3) is 0 Å². The molecule has 1 heterocycles. The topological polar surface area (TPSA) is 35.5 Å². The van der Waals surface area contributed by atoms with Gasteiger partial charge in [-0.05, 0) is 13.3 Å². The number of esters is 1. The van der Waals surface area contributed by atoms with Crippen molar-refractivity contribution in [1.29, 1.82) is 0 Å². The van der Waals surface area contributed by atoms with E-state index in [2.05, 4.69) is 0 Å². The van der Waals surface area contributed by atoms with Crippen LogP contribution in [0.2, 0.25) is 0 Å². The van der Waals surface area contributed by atoms with Crippen molar-refractivity contribution in [3.8, 4) is 0 Å². The molecule has 0 aromatic rings. The number of hydrogen-bond donors (Lipinski definition) is 0. The molecule has 0 amide bonds. The highest BCUT2D eigenvalue weighted by atomic mass is 16.6. The first-order valence-corrected chi connectivity index (χ1v) is 4.22. The van der Waals surface area contributed by atoms with E-state index >= 15 is 0 Å². The molecule has 3 nitrogen and oxygen atoms in total. The predicted molar refractivity (Wildman–Crippen MR) is 44.7 cm³/mol. The van der Waals surface area contributed by atoms with Gasteiger partial charge >= 0.3 is 5.97 Å². The van der Waals surface area contributed by atoms with E-state index in [1.54, 1.807) is 6.08 Å². The summed E-state index contributed by atoms with van der Waals surface area (Å²) in [4.78, 5) is 11.0. The highest BCUT2D eigenvalue weighted by Gasteiger charge is 2.30. The summed E-state index contributed by atoms with van der Waals surface area (Å²) in [6.07, 6.45) is 4.12. The molecule has 0 radical (unpaired) electrons. The van der Waals surface area contributed by atoms with E-state index in [0.29, 0.717) is 6.61 Å². The zero-order valence-electron chi connectivity index (χ0n) is 7.45. The maximum absolute atomic E-state index is 11.0. The summed E-state index contributed by atoms with van der Waals surface area (Å²) in [6, 6.07) is 0. The minimum absolute atomic E-state index is 0.0426. The second-order valence-corrected chi connectivity index (χ2v) is 2.82. The lowest BCUT2D eigenvalue weighted by Gasteiger charge is -2.32. The Bertz CT molecular complexity index is 186. The monoisotopic (exact) mass is 170 g/mol. The molecule has 2 unspecified atom stereocenters. The van der Waals surface area contributed by atoms with Gasteiger partial charge in [0, 0.05) is 6.08 Å². The Morgan fingerprint density at radius 2 is 2.50 bits per heavy atom. The molecule has 12 heavy (non-hydrogen) atoms. The van der Waals surface area contributed by atoms with Gasteiger partial charge in [-0.1, -0.05) is 13.0 Å². The molecule has 1 fully saturated rings. The molecule has 0 aromatic heterocycles. The average molecular weight is 170 g/mol. The van der Waals surface area contributed by atoms with Gasteiger partial charge in [-0.3, -0.25) is 0 Å². The third-order valence-corrected chi connectivity index (χ3v) is 1.80. The van der Waals surface area contributed by atoms with Gasteiger partial charge in [0.1, 0.15) is 0 Å². The molecular weight excluding hydrogens is 156 g/mol. The minimum Gasteiger partial charge on any atom is -0.454 e. The lowest BCUT2D eigenvalue weighted by Crippen LogP contribution is -2.45. The first-order chi connectivity index (χ1) is 5.74. The number of hydrogen-bond acceptors (Lipinski definition) is 3. The van der Waals surface area contributed by atoms with Crippen LogP contribution in [0.4, 0.5) is 0 Å². The Morgan fingerprint density at radius 1 is 1.75 bits per heavy atom. The number of rotatable bonds is 3. The quantitative estimate of drug-likeness (QED) is 0.473. The number of carbonyl (C=O) groups is 1. The highest BCUT2D eigenvalue weighted by molar-refractivity contribution is 5.82. The first-order valence-electron chi connectivity index (χ1n) is 4.22. The van der Waals surface area contributed by atoms with Crippen molar-refractivity contribution >= 4 is 5.97 Å². The molecule has 3 heteroatoms. The molecule has 1 aliphatic rings. The van der Waals surface area contributed by atoms with E-state index in [1.165, 1.54) is 6.08 Å². The molecule has 0 aliphatic carbocycles. The summed E-state index contributed by atoms with van der Waals surface area (Å²) >= 11 is 0. The van der Waals surface area contributed by atoms with Crippen LogP contribution in [0.5, 0.6) is 0 Å². The van der Waals surface area contributed by atoms with Crippen LogP contribution in [0.15, 0.2) is 12.2 Å². The van der Waals surface area contributed by atoms with Gasteiger partial charge in [-0.25, -0.2) is 4.79 Å². The molecule has 0 aromatic carbocycles. The van der Waals surface area contributed by atoms with Crippen LogP contribution < -0.4 is 0 Å². The average Bonchev–Trinajstić information content (AvgIpc) is 2.08. The van der Waals surface area contributed by atoms with Crippen LogP contribution in [0.1, 0.15) is 20.3 Å². The van der Waals surface area contributed by atoms with Crippen molar-refractivity contribution in [3.63, 3.8) is 0 Å². The number of carbonyl (C=O) groups excluding carboxylic acids is 1. The molecule has 2 atom stereocenters. The van der Waals surface area contributed by atoms with E-state index in [-0.39, 0.29) is 18.2 Å². The summed E-state index contributed by atoms with van der Waals surface area (Å²) < 4.78 is 10.1. The molecule has 68 valence electrons. The smallest absolute Gasteiger partial charge is 0.330 e. The van der Waals surface area contributed by atoms with Gasteiger partial charge in [-0.15, -0.1) is 0 Å². The number of ether oxygens (including phenoxy) is 2. The zero-order valence-corrected chi connectivity index (χ0v) is 7.45. The van der Waals surface area contributed by atoms with Crippen molar-refractivity contribution in [1.82, 2.24) is 0 Å². The fraction of sp³-hybridized carbons (Fsp3) is 0.667. The fourth-order valence-electron chi connectivity index (χ4n) is 0.900. The standard InChI is InChI=1S/C9H14O3/c1-3-4-5-9(10)12-8-6-11-7(8)2/h4-5,7-8H,3,6H2,1-2H3. The Kier molecular flexibility index (Phi) is 3.29. The SMILES string of the molecule is CCC=CC(=O)OC1COC1C. The summed E-state index contributed by atoms with van der Waals surface area (Å²) in [7, 11) is 0. The zero-order chi connectivity index (χ0) is 8.97. The van der Waals surface area contributed by atoms with Gasteiger partial charge in [0.05, 0.1) is 12.7 Å². The Morgan fingerprint density at radius 3 is 2.92 bits per heavy atom. The van der Waals surface area contributed by atoms with Crippen molar-refractivity contribution in [2.45, 2.75) is 32.5 Å². The summed E-state index contributed by atoms with van der Waals surface area (Å²) in [5, 5.41) is 0. The van der Waals surface area contributed by atoms with Crippen LogP contribution >= 0.6 is 0 Å². The maximum Gasteiger partial charge on any atom is 0.330 e. The van der Waals surface area contributed by atoms with E-state index in [0.717, 1.165) is 6.42 Å². The summed E-state index contributed by atoms with van der Waals surface area (Å²) in [5.74, 6) is -0.267. The van der Waals surface area contributed by atoms with Crippen LogP contribution in [-0.2, 0) is 14.3 Å². The molecule has 0 saturated carbocycles. The number of allylic oxidation sites excluding steroid dienone is 1. The highest BCUT2D eigenvalue weighted by Crippen LogP contribution is 2.15. The van der Waals surface area contributed by atoms with Crippen molar-refractivity contribution in [2.24, 2.45) is 0 Å². The van der Waals surface area contributed by atoms with Gasteiger partial charge in [0.2, 0.25) is 0 Å². The second kappa shape index (κ2) is 4.26. The maximum atomic E-state index is 11.0. The van der Waals surface area contributed by atoms with Crippen molar-refractivity contribution in [3.05, 3.63) is 12.2 Å². The molecule has 1 aliphatic heterocycles. The lowest BCUT2D eigenvalue weighted by atomic mass is 10.2.